The number of rotatable bonds is 4. The summed E-state index contributed by atoms with van der Waals surface area (Å²) in [7, 11) is -0.658. The Morgan fingerprint density at radius 3 is 2.58 bits per heavy atom. The first-order chi connectivity index (χ1) is 12.1. The van der Waals surface area contributed by atoms with Gasteiger partial charge in [-0.1, -0.05) is 39.0 Å². The molecule has 7 heteroatoms. The smallest absolute Gasteiger partial charge is 0.168 e. The predicted octanol–water partition coefficient (Wildman–Crippen LogP) is 4.29. The van der Waals surface area contributed by atoms with Gasteiger partial charge in [-0.25, -0.2) is 9.50 Å². The van der Waals surface area contributed by atoms with Crippen LogP contribution in [0.3, 0.4) is 0 Å². The molecule has 0 spiro atoms. The minimum atomic E-state index is -0.658. The van der Waals surface area contributed by atoms with Crippen molar-refractivity contribution in [1.29, 1.82) is 0 Å². The summed E-state index contributed by atoms with van der Waals surface area (Å²) in [5.74, 6) is 0.453. The van der Waals surface area contributed by atoms with E-state index < -0.39 is 9.76 Å². The van der Waals surface area contributed by atoms with E-state index in [1.54, 1.807) is 0 Å². The maximum atomic E-state index is 6.36. The quantitative estimate of drug-likeness (QED) is 0.624. The molecule has 5 nitrogen and oxygen atoms in total. The normalized spacial score (nSPS) is 13.2. The van der Waals surface area contributed by atoms with Crippen LogP contribution in [0, 0.1) is 0 Å². The molecule has 0 bridgehead atoms. The zero-order valence-electron chi connectivity index (χ0n) is 15.9. The van der Waals surface area contributed by atoms with E-state index in [0.29, 0.717) is 5.82 Å². The van der Waals surface area contributed by atoms with Crippen molar-refractivity contribution < 1.29 is 4.43 Å². The number of nitrogens with two attached hydrogens (primary N) is 1. The maximum Gasteiger partial charge on any atom is 0.168 e. The number of nitrogens with zero attached hydrogens (tertiary/aromatic N) is 3. The fraction of sp³-hybridized carbons (Fsp3) is 0.368. The van der Waals surface area contributed by atoms with Crippen molar-refractivity contribution in [3.63, 3.8) is 0 Å². The highest BCUT2D eigenvalue weighted by Gasteiger charge is 2.25. The number of hydrogen-bond donors (Lipinski definition) is 1. The Bertz CT molecular complexity index is 946. The van der Waals surface area contributed by atoms with Crippen molar-refractivity contribution in [2.75, 3.05) is 5.73 Å². The number of halogens is 1. The van der Waals surface area contributed by atoms with Crippen molar-refractivity contribution in [1.82, 2.24) is 14.6 Å². The standard InChI is InChI=1S/C19H25BrN4OSi/c1-18(2,3)26-25-19(4,5)13-8-6-7-12(9-13)15-10-14(20)16-17(21)22-11-23-24(15)16/h6-11H,26H2,1-5H3,(H2,21,22,23). The van der Waals surface area contributed by atoms with Crippen LogP contribution >= 0.6 is 15.9 Å². The van der Waals surface area contributed by atoms with Crippen LogP contribution in [0.25, 0.3) is 16.8 Å². The molecule has 3 rings (SSSR count). The first-order valence-corrected chi connectivity index (χ1v) is 10.7. The Hall–Kier alpha value is -1.70. The van der Waals surface area contributed by atoms with Crippen LogP contribution in [0.4, 0.5) is 5.82 Å². The number of anilines is 1. The Balaban J connectivity index is 2.02. The molecule has 0 aliphatic heterocycles. The molecule has 0 unspecified atom stereocenters. The second-order valence-electron chi connectivity index (χ2n) is 8.22. The van der Waals surface area contributed by atoms with Crippen LogP contribution in [-0.4, -0.2) is 24.4 Å². The number of aromatic nitrogens is 3. The highest BCUT2D eigenvalue weighted by Crippen LogP contribution is 2.34. The Kier molecular flexibility index (Phi) is 4.98. The van der Waals surface area contributed by atoms with E-state index in [-0.39, 0.29) is 10.6 Å². The molecule has 0 aliphatic carbocycles. The van der Waals surface area contributed by atoms with Gasteiger partial charge in [-0.2, -0.15) is 5.10 Å². The molecular weight excluding hydrogens is 408 g/mol. The molecule has 2 heterocycles. The lowest BCUT2D eigenvalue weighted by Crippen LogP contribution is -2.27. The first-order valence-electron chi connectivity index (χ1n) is 8.61. The summed E-state index contributed by atoms with van der Waals surface area (Å²) in [6, 6.07) is 10.5. The number of hydrogen-bond acceptors (Lipinski definition) is 4. The molecule has 3 aromatic rings. The van der Waals surface area contributed by atoms with Crippen molar-refractivity contribution in [2.24, 2.45) is 0 Å². The van der Waals surface area contributed by atoms with Crippen LogP contribution in [0.15, 0.2) is 41.1 Å². The molecule has 2 aromatic heterocycles. The van der Waals surface area contributed by atoms with E-state index in [1.807, 2.05) is 10.6 Å². The Morgan fingerprint density at radius 2 is 1.88 bits per heavy atom. The van der Waals surface area contributed by atoms with Gasteiger partial charge in [0.25, 0.3) is 0 Å². The van der Waals surface area contributed by atoms with Gasteiger partial charge in [0.05, 0.1) is 11.3 Å². The maximum absolute atomic E-state index is 6.36. The van der Waals surface area contributed by atoms with E-state index in [0.717, 1.165) is 26.8 Å². The molecular formula is C19H25BrN4OSi. The van der Waals surface area contributed by atoms with Crippen molar-refractivity contribution in [2.45, 2.75) is 45.3 Å². The molecule has 2 N–H and O–H groups in total. The van der Waals surface area contributed by atoms with Crippen molar-refractivity contribution >= 4 is 37.0 Å². The third-order valence-electron chi connectivity index (χ3n) is 4.26. The summed E-state index contributed by atoms with van der Waals surface area (Å²) in [4.78, 5) is 4.08. The molecule has 0 amide bonds. The minimum Gasteiger partial charge on any atom is -0.415 e. The molecule has 0 atom stereocenters. The van der Waals surface area contributed by atoms with E-state index in [2.05, 4.69) is 84.9 Å². The SMILES string of the molecule is CC(C)(C)[SiH2]OC(C)(C)c1cccc(-c2cc(Br)c3c(N)ncnn23)c1. The minimum absolute atomic E-state index is 0.256. The molecule has 0 fully saturated rings. The topological polar surface area (TPSA) is 65.4 Å². The van der Waals surface area contributed by atoms with Crippen LogP contribution in [-0.2, 0) is 10.0 Å². The van der Waals surface area contributed by atoms with Gasteiger partial charge >= 0.3 is 0 Å². The van der Waals surface area contributed by atoms with E-state index in [1.165, 1.54) is 6.33 Å². The number of fused-ring (bicyclic) bond motifs is 1. The third kappa shape index (κ3) is 3.84. The zero-order chi connectivity index (χ0) is 19.1. The summed E-state index contributed by atoms with van der Waals surface area (Å²) in [6.07, 6.45) is 1.48. The summed E-state index contributed by atoms with van der Waals surface area (Å²) in [5.41, 5.74) is 9.65. The van der Waals surface area contributed by atoms with Gasteiger partial charge in [0.15, 0.2) is 15.6 Å². The molecule has 0 saturated carbocycles. The molecule has 0 radical (unpaired) electrons. The van der Waals surface area contributed by atoms with Gasteiger partial charge in [0, 0.05) is 10.0 Å². The van der Waals surface area contributed by atoms with E-state index >= 15 is 0 Å². The molecule has 0 aliphatic rings. The molecule has 138 valence electrons. The lowest BCUT2D eigenvalue weighted by atomic mass is 9.96. The zero-order valence-corrected chi connectivity index (χ0v) is 18.9. The highest BCUT2D eigenvalue weighted by molar-refractivity contribution is 9.10. The lowest BCUT2D eigenvalue weighted by Gasteiger charge is -2.30. The van der Waals surface area contributed by atoms with Crippen molar-refractivity contribution in [3.05, 3.63) is 46.7 Å². The van der Waals surface area contributed by atoms with Gasteiger partial charge in [-0.05, 0) is 52.5 Å². The fourth-order valence-electron chi connectivity index (χ4n) is 2.76. The number of nitrogen functional groups attached to an aromatic ring is 1. The van der Waals surface area contributed by atoms with Crippen LogP contribution in [0.5, 0.6) is 0 Å². The molecule has 0 saturated heterocycles. The van der Waals surface area contributed by atoms with Gasteiger partial charge in [0.2, 0.25) is 0 Å². The van der Waals surface area contributed by atoms with Crippen LogP contribution in [0.2, 0.25) is 5.04 Å². The van der Waals surface area contributed by atoms with Gasteiger partial charge in [0.1, 0.15) is 11.8 Å². The largest absolute Gasteiger partial charge is 0.415 e. The second kappa shape index (κ2) is 6.79. The third-order valence-corrected chi connectivity index (χ3v) is 6.59. The summed E-state index contributed by atoms with van der Waals surface area (Å²) in [6.45, 7) is 11.0. The Labute approximate surface area is 165 Å². The van der Waals surface area contributed by atoms with Crippen LogP contribution < -0.4 is 5.73 Å². The summed E-state index contributed by atoms with van der Waals surface area (Å²) < 4.78 is 9.06. The second-order valence-corrected chi connectivity index (χ2v) is 11.8. The average molecular weight is 433 g/mol. The monoisotopic (exact) mass is 432 g/mol. The molecule has 26 heavy (non-hydrogen) atoms. The van der Waals surface area contributed by atoms with Gasteiger partial charge in [-0.3, -0.25) is 0 Å². The van der Waals surface area contributed by atoms with Gasteiger partial charge in [-0.15, -0.1) is 0 Å². The highest BCUT2D eigenvalue weighted by atomic mass is 79.9. The fourth-order valence-corrected chi connectivity index (χ4v) is 4.31. The average Bonchev–Trinajstić information content (AvgIpc) is 2.91. The van der Waals surface area contributed by atoms with Gasteiger partial charge < -0.3 is 10.2 Å². The van der Waals surface area contributed by atoms with Crippen LogP contribution in [0.1, 0.15) is 40.2 Å². The first kappa shape index (κ1) is 19.1. The van der Waals surface area contributed by atoms with E-state index in [9.17, 15) is 0 Å². The van der Waals surface area contributed by atoms with E-state index in [4.69, 9.17) is 10.2 Å². The lowest BCUT2D eigenvalue weighted by molar-refractivity contribution is 0.109. The number of benzene rings is 1. The molecule has 1 aromatic carbocycles. The Morgan fingerprint density at radius 1 is 1.15 bits per heavy atom. The van der Waals surface area contributed by atoms with Crippen molar-refractivity contribution in [3.8, 4) is 11.3 Å². The summed E-state index contributed by atoms with van der Waals surface area (Å²) in [5, 5.41) is 4.63. The summed E-state index contributed by atoms with van der Waals surface area (Å²) >= 11 is 3.57. The predicted molar refractivity (Wildman–Crippen MR) is 113 cm³/mol.